The van der Waals surface area contributed by atoms with Crippen LogP contribution in [-0.2, 0) is 0 Å². The monoisotopic (exact) mass is 363 g/mol. The third-order valence-corrected chi connectivity index (χ3v) is 3.56. The van der Waals surface area contributed by atoms with Crippen molar-refractivity contribution in [3.05, 3.63) is 71.8 Å². The first kappa shape index (κ1) is 19.0. The minimum absolute atomic E-state index is 0.987. The summed E-state index contributed by atoms with van der Waals surface area (Å²) in [5.41, 5.74) is 3.52. The summed E-state index contributed by atoms with van der Waals surface area (Å²) in [4.78, 5) is 0. The standard InChI is InChI=1S/C17H18N3.ClHO4/c1-13-9-7-8-12-17(13)19-14(2)18-20(15(19)3)16-10-5-4-6-11-16;2-1(3,4)5/h4-12H,1-3H3;(H,2,3,4,5)/q+1;/p-1. The summed E-state index contributed by atoms with van der Waals surface area (Å²) in [6.07, 6.45) is 0. The van der Waals surface area contributed by atoms with E-state index in [9.17, 15) is 0 Å². The van der Waals surface area contributed by atoms with E-state index in [4.69, 9.17) is 18.6 Å². The zero-order valence-electron chi connectivity index (χ0n) is 14.0. The maximum atomic E-state index is 8.49. The lowest BCUT2D eigenvalue weighted by atomic mass is 10.2. The van der Waals surface area contributed by atoms with E-state index in [1.807, 2.05) is 29.8 Å². The molecule has 25 heavy (non-hydrogen) atoms. The number of nitrogens with zero attached hydrogens (tertiary/aromatic N) is 3. The van der Waals surface area contributed by atoms with Crippen LogP contribution >= 0.6 is 0 Å². The zero-order chi connectivity index (χ0) is 18.6. The highest BCUT2D eigenvalue weighted by molar-refractivity contribution is 5.34. The van der Waals surface area contributed by atoms with Crippen LogP contribution in [-0.4, -0.2) is 9.78 Å². The highest BCUT2D eigenvalue weighted by Gasteiger charge is 2.22. The third kappa shape index (κ3) is 5.09. The van der Waals surface area contributed by atoms with Crippen LogP contribution in [0, 0.1) is 31.0 Å². The predicted molar refractivity (Wildman–Crippen MR) is 79.3 cm³/mol. The first-order valence-corrected chi connectivity index (χ1v) is 8.63. The Kier molecular flexibility index (Phi) is 5.89. The van der Waals surface area contributed by atoms with Crippen LogP contribution < -0.4 is 23.2 Å². The highest BCUT2D eigenvalue weighted by atomic mass is 35.7. The molecular formula is C17H18ClN3O4. The van der Waals surface area contributed by atoms with Crippen molar-refractivity contribution in [3.8, 4) is 11.4 Å². The van der Waals surface area contributed by atoms with Crippen LogP contribution in [0.1, 0.15) is 17.2 Å². The van der Waals surface area contributed by atoms with Gasteiger partial charge in [-0.15, -0.1) is 10.2 Å². The van der Waals surface area contributed by atoms with Crippen molar-refractivity contribution < 1.29 is 33.4 Å². The van der Waals surface area contributed by atoms with Gasteiger partial charge >= 0.3 is 0 Å². The van der Waals surface area contributed by atoms with Gasteiger partial charge < -0.3 is 0 Å². The van der Waals surface area contributed by atoms with E-state index in [0.717, 1.165) is 17.3 Å². The average Bonchev–Trinajstić information content (AvgIpc) is 2.82. The largest absolute Gasteiger partial charge is 0.279 e. The van der Waals surface area contributed by atoms with Gasteiger partial charge in [0.1, 0.15) is 11.4 Å². The molecule has 8 heteroatoms. The lowest BCUT2D eigenvalue weighted by molar-refractivity contribution is -2.00. The molecule has 0 saturated carbocycles. The number of halogens is 1. The molecule has 3 aromatic rings. The molecule has 1 aromatic heterocycles. The number of rotatable bonds is 2. The molecule has 0 spiro atoms. The Labute approximate surface area is 147 Å². The first-order chi connectivity index (χ1) is 11.7. The van der Waals surface area contributed by atoms with Crippen molar-refractivity contribution in [1.82, 2.24) is 9.78 Å². The van der Waals surface area contributed by atoms with Gasteiger partial charge in [0.25, 0.3) is 5.82 Å². The fourth-order valence-corrected chi connectivity index (χ4v) is 2.57. The van der Waals surface area contributed by atoms with E-state index in [2.05, 4.69) is 59.9 Å². The van der Waals surface area contributed by atoms with Gasteiger partial charge in [0, 0.05) is 18.9 Å². The van der Waals surface area contributed by atoms with Gasteiger partial charge in [0.15, 0.2) is 0 Å². The fourth-order valence-electron chi connectivity index (χ4n) is 2.57. The van der Waals surface area contributed by atoms with E-state index < -0.39 is 10.2 Å². The van der Waals surface area contributed by atoms with Crippen LogP contribution in [0.25, 0.3) is 11.4 Å². The summed E-state index contributed by atoms with van der Waals surface area (Å²) < 4.78 is 38.2. The normalized spacial score (nSPS) is 11.0. The topological polar surface area (TPSA) is 114 Å². The van der Waals surface area contributed by atoms with Crippen LogP contribution in [0.5, 0.6) is 0 Å². The molecule has 2 aromatic carbocycles. The molecule has 0 radical (unpaired) electrons. The molecule has 0 unspecified atom stereocenters. The minimum Gasteiger partial charge on any atom is -0.222 e. The number of hydrogen-bond donors (Lipinski definition) is 0. The van der Waals surface area contributed by atoms with Crippen LogP contribution in [0.15, 0.2) is 54.6 Å². The van der Waals surface area contributed by atoms with Gasteiger partial charge in [0.2, 0.25) is 5.82 Å². The molecule has 0 atom stereocenters. The molecular weight excluding hydrogens is 346 g/mol. The molecule has 0 bridgehead atoms. The van der Waals surface area contributed by atoms with E-state index >= 15 is 0 Å². The number of para-hydroxylation sites is 2. The second kappa shape index (κ2) is 7.73. The Morgan fingerprint density at radius 2 is 1.36 bits per heavy atom. The molecule has 0 amide bonds. The Morgan fingerprint density at radius 3 is 1.92 bits per heavy atom. The number of aryl methyl sites for hydroxylation is 2. The summed E-state index contributed by atoms with van der Waals surface area (Å²) in [7, 11) is -4.94. The Balaban J connectivity index is 0.000000399. The lowest BCUT2D eigenvalue weighted by Crippen LogP contribution is -2.68. The summed E-state index contributed by atoms with van der Waals surface area (Å²) >= 11 is 0. The Bertz CT molecular complexity index is 839. The molecule has 0 N–H and O–H groups in total. The summed E-state index contributed by atoms with van der Waals surface area (Å²) in [5.74, 6) is 2.09. The van der Waals surface area contributed by atoms with Crippen molar-refractivity contribution in [2.45, 2.75) is 20.8 Å². The molecule has 0 fully saturated rings. The van der Waals surface area contributed by atoms with Crippen molar-refractivity contribution in [2.75, 3.05) is 0 Å². The molecule has 0 aliphatic rings. The zero-order valence-corrected chi connectivity index (χ0v) is 14.8. The molecule has 132 valence electrons. The van der Waals surface area contributed by atoms with Gasteiger partial charge in [-0.2, -0.15) is 4.57 Å². The predicted octanol–water partition coefficient (Wildman–Crippen LogP) is -1.68. The van der Waals surface area contributed by atoms with Gasteiger partial charge in [-0.3, -0.25) is 0 Å². The van der Waals surface area contributed by atoms with Gasteiger partial charge in [-0.25, -0.2) is 18.6 Å². The van der Waals surface area contributed by atoms with Crippen molar-refractivity contribution >= 4 is 0 Å². The van der Waals surface area contributed by atoms with Gasteiger partial charge in [-0.05, 0) is 30.7 Å². The first-order valence-electron chi connectivity index (χ1n) is 7.40. The lowest BCUT2D eigenvalue weighted by Gasteiger charge is -2.17. The molecule has 3 rings (SSSR count). The van der Waals surface area contributed by atoms with Crippen LogP contribution in [0.4, 0.5) is 0 Å². The fraction of sp³-hybridized carbons (Fsp3) is 0.176. The van der Waals surface area contributed by atoms with Crippen LogP contribution in [0.2, 0.25) is 0 Å². The summed E-state index contributed by atoms with van der Waals surface area (Å²) in [5, 5.41) is 4.68. The highest BCUT2D eigenvalue weighted by Crippen LogP contribution is 2.12. The number of aromatic nitrogens is 3. The number of benzene rings is 2. The van der Waals surface area contributed by atoms with Crippen LogP contribution in [0.3, 0.4) is 0 Å². The minimum atomic E-state index is -4.94. The molecule has 1 heterocycles. The average molecular weight is 364 g/mol. The molecule has 7 nitrogen and oxygen atoms in total. The number of hydrogen-bond acceptors (Lipinski definition) is 5. The summed E-state index contributed by atoms with van der Waals surface area (Å²) in [6, 6.07) is 18.6. The molecule has 0 saturated heterocycles. The maximum Gasteiger partial charge on any atom is 0.279 e. The van der Waals surface area contributed by atoms with Crippen molar-refractivity contribution in [2.24, 2.45) is 0 Å². The van der Waals surface area contributed by atoms with Crippen molar-refractivity contribution in [3.63, 3.8) is 0 Å². The van der Waals surface area contributed by atoms with Crippen molar-refractivity contribution in [1.29, 1.82) is 0 Å². The quantitative estimate of drug-likeness (QED) is 0.504. The SMILES string of the molecule is Cc1ccccc1-[n+]1c(C)nn(-c2ccccc2)c1C.[O-][Cl+3]([O-])([O-])[O-]. The van der Waals surface area contributed by atoms with E-state index in [1.54, 1.807) is 0 Å². The summed E-state index contributed by atoms with van der Waals surface area (Å²) in [6.45, 7) is 6.26. The smallest absolute Gasteiger partial charge is 0.222 e. The van der Waals surface area contributed by atoms with E-state index in [1.165, 1.54) is 11.3 Å². The molecule has 0 aliphatic heterocycles. The Morgan fingerprint density at radius 1 is 0.840 bits per heavy atom. The maximum absolute atomic E-state index is 8.49. The Hall–Kier alpha value is -2.29. The third-order valence-electron chi connectivity index (χ3n) is 3.56. The van der Waals surface area contributed by atoms with E-state index in [-0.39, 0.29) is 0 Å². The molecule has 0 aliphatic carbocycles. The second-order valence-corrected chi connectivity index (χ2v) is 6.10. The second-order valence-electron chi connectivity index (χ2n) is 5.34. The van der Waals surface area contributed by atoms with Gasteiger partial charge in [0.05, 0.1) is 0 Å². The van der Waals surface area contributed by atoms with Gasteiger partial charge in [-0.1, -0.05) is 41.1 Å². The van der Waals surface area contributed by atoms with E-state index in [0.29, 0.717) is 0 Å².